The van der Waals surface area contributed by atoms with E-state index in [9.17, 15) is 36.2 Å². The van der Waals surface area contributed by atoms with Crippen LogP contribution in [0.15, 0.2) is 12.3 Å². The Morgan fingerprint density at radius 2 is 2.00 bits per heavy atom. The third kappa shape index (κ3) is 4.28. The second-order valence-corrected chi connectivity index (χ2v) is 10.7. The van der Waals surface area contributed by atoms with Crippen molar-refractivity contribution in [2.75, 3.05) is 19.8 Å². The van der Waals surface area contributed by atoms with Gasteiger partial charge in [-0.2, -0.15) is 26.3 Å². The van der Waals surface area contributed by atoms with Crippen molar-refractivity contribution in [1.29, 1.82) is 0 Å². The van der Waals surface area contributed by atoms with Gasteiger partial charge in [0.25, 0.3) is 0 Å². The van der Waals surface area contributed by atoms with Crippen molar-refractivity contribution in [3.05, 3.63) is 29.1 Å². The Morgan fingerprint density at radius 3 is 2.72 bits per heavy atom. The molecule has 200 valence electrons. The van der Waals surface area contributed by atoms with Crippen LogP contribution in [0.5, 0.6) is 0 Å². The van der Waals surface area contributed by atoms with Gasteiger partial charge >= 0.3 is 12.4 Å². The summed E-state index contributed by atoms with van der Waals surface area (Å²) in [4.78, 5) is 19.4. The van der Waals surface area contributed by atoms with E-state index < -0.39 is 41.6 Å². The fraction of sp³-hybridized carbons (Fsp3) is 0.750. The largest absolute Gasteiger partial charge is 0.421 e. The van der Waals surface area contributed by atoms with E-state index in [-0.39, 0.29) is 37.4 Å². The minimum absolute atomic E-state index is 0.00439. The van der Waals surface area contributed by atoms with Crippen LogP contribution < -0.4 is 5.32 Å². The molecule has 1 aromatic rings. The molecule has 0 unspecified atom stereocenters. The molecule has 1 aromatic heterocycles. The second-order valence-electron chi connectivity index (χ2n) is 10.7. The number of amides is 1. The van der Waals surface area contributed by atoms with Gasteiger partial charge in [-0.05, 0) is 49.7 Å². The monoisotopic (exact) mass is 521 g/mol. The molecule has 36 heavy (non-hydrogen) atoms. The van der Waals surface area contributed by atoms with Crippen LogP contribution in [0.3, 0.4) is 0 Å². The molecular weight excluding hydrogens is 492 g/mol. The van der Waals surface area contributed by atoms with E-state index in [0.717, 1.165) is 25.1 Å². The van der Waals surface area contributed by atoms with Gasteiger partial charge in [0, 0.05) is 50.1 Å². The van der Waals surface area contributed by atoms with Crippen molar-refractivity contribution in [3.8, 4) is 0 Å². The average Bonchev–Trinajstić information content (AvgIpc) is 3.36. The first-order chi connectivity index (χ1) is 16.8. The Bertz CT molecular complexity index is 1020. The van der Waals surface area contributed by atoms with Crippen LogP contribution in [-0.2, 0) is 28.7 Å². The van der Waals surface area contributed by atoms with E-state index in [1.807, 2.05) is 0 Å². The van der Waals surface area contributed by atoms with Crippen LogP contribution in [-0.4, -0.2) is 64.5 Å². The van der Waals surface area contributed by atoms with Gasteiger partial charge < -0.3 is 20.1 Å². The standard InChI is InChI=1S/C24H29F6N3O3/c25-23(26,27)16-8-14-12-33(6-3-18(14)31-11-16)20(34)21-5-1-2-15(21)9-17(10-21)32-19-4-7-36-13-22(19,35)24(28,29)30/h8,11,15,17,19,32,35H,1-7,9-10,12-13H2/t15-,17-,19+,21-,22+/m1/s1. The molecule has 3 fully saturated rings. The molecule has 2 saturated carbocycles. The summed E-state index contributed by atoms with van der Waals surface area (Å²) in [5.41, 5.74) is -3.69. The first-order valence-electron chi connectivity index (χ1n) is 12.3. The Balaban J connectivity index is 1.32. The molecule has 2 N–H and O–H groups in total. The Hall–Kier alpha value is -1.92. The lowest BCUT2D eigenvalue weighted by Gasteiger charge is -2.42. The molecule has 1 amide bonds. The maximum atomic E-state index is 13.8. The fourth-order valence-corrected chi connectivity index (χ4v) is 6.74. The van der Waals surface area contributed by atoms with Gasteiger partial charge in [-0.3, -0.25) is 9.78 Å². The SMILES string of the molecule is O=C(N1CCc2ncc(C(F)(F)F)cc2C1)[C@@]12CCC[C@@H]1C[C@@H](N[C@H]1CCOC[C@@]1(O)C(F)(F)F)C2. The highest BCUT2D eigenvalue weighted by Gasteiger charge is 2.62. The van der Waals surface area contributed by atoms with Gasteiger partial charge in [-0.25, -0.2) is 0 Å². The van der Waals surface area contributed by atoms with Crippen LogP contribution in [0, 0.1) is 11.3 Å². The number of hydrogen-bond donors (Lipinski definition) is 2. The van der Waals surface area contributed by atoms with Gasteiger partial charge in [-0.1, -0.05) is 6.42 Å². The summed E-state index contributed by atoms with van der Waals surface area (Å²) in [5, 5.41) is 13.4. The maximum absolute atomic E-state index is 13.8. The van der Waals surface area contributed by atoms with Gasteiger partial charge in [0.1, 0.15) is 0 Å². The van der Waals surface area contributed by atoms with Gasteiger partial charge in [-0.15, -0.1) is 0 Å². The molecule has 0 bridgehead atoms. The number of hydrogen-bond acceptors (Lipinski definition) is 5. The van der Waals surface area contributed by atoms with Crippen LogP contribution in [0.2, 0.25) is 0 Å². The first-order valence-corrected chi connectivity index (χ1v) is 12.3. The summed E-state index contributed by atoms with van der Waals surface area (Å²) >= 11 is 0. The molecular formula is C24H29F6N3O3. The summed E-state index contributed by atoms with van der Waals surface area (Å²) in [7, 11) is 0. The normalized spacial score (nSPS) is 35.0. The van der Waals surface area contributed by atoms with E-state index in [1.54, 1.807) is 4.90 Å². The summed E-state index contributed by atoms with van der Waals surface area (Å²) < 4.78 is 85.4. The Morgan fingerprint density at radius 1 is 1.22 bits per heavy atom. The number of fused-ring (bicyclic) bond motifs is 2. The van der Waals surface area contributed by atoms with E-state index >= 15 is 0 Å². The van der Waals surface area contributed by atoms with Crippen LogP contribution in [0.4, 0.5) is 26.3 Å². The smallest absolute Gasteiger partial charge is 0.378 e. The second kappa shape index (κ2) is 8.83. The maximum Gasteiger partial charge on any atom is 0.421 e. The van der Waals surface area contributed by atoms with E-state index in [4.69, 9.17) is 4.74 Å². The summed E-state index contributed by atoms with van der Waals surface area (Å²) in [6, 6.07) is -0.573. The zero-order chi connectivity index (χ0) is 25.9. The van der Waals surface area contributed by atoms with Crippen LogP contribution in [0.25, 0.3) is 0 Å². The van der Waals surface area contributed by atoms with Crippen molar-refractivity contribution in [3.63, 3.8) is 0 Å². The quantitative estimate of drug-likeness (QED) is 0.595. The topological polar surface area (TPSA) is 74.7 Å². The minimum Gasteiger partial charge on any atom is -0.378 e. The van der Waals surface area contributed by atoms with E-state index in [0.29, 0.717) is 43.5 Å². The predicted octanol–water partition coefficient (Wildman–Crippen LogP) is 3.61. The number of carbonyl (C=O) groups excluding carboxylic acids is 1. The van der Waals surface area contributed by atoms with Crippen LogP contribution in [0.1, 0.15) is 55.3 Å². The lowest BCUT2D eigenvalue weighted by Crippen LogP contribution is -2.66. The number of aliphatic hydroxyl groups is 1. The number of nitrogens with one attached hydrogen (secondary N) is 1. The third-order valence-electron chi connectivity index (χ3n) is 8.59. The average molecular weight is 522 g/mol. The minimum atomic E-state index is -4.86. The molecule has 2 aliphatic carbocycles. The molecule has 0 radical (unpaired) electrons. The number of ether oxygens (including phenoxy) is 1. The summed E-state index contributed by atoms with van der Waals surface area (Å²) in [6.07, 6.45) is -5.20. The number of aromatic nitrogens is 1. The molecule has 6 nitrogen and oxygen atoms in total. The number of rotatable bonds is 3. The highest BCUT2D eigenvalue weighted by molar-refractivity contribution is 5.84. The lowest BCUT2D eigenvalue weighted by atomic mass is 9.78. The van der Waals surface area contributed by atoms with Crippen molar-refractivity contribution in [2.45, 2.75) is 81.5 Å². The third-order valence-corrected chi connectivity index (χ3v) is 8.59. The first kappa shape index (κ1) is 25.7. The molecule has 1 saturated heterocycles. The number of carbonyl (C=O) groups is 1. The van der Waals surface area contributed by atoms with Crippen molar-refractivity contribution in [1.82, 2.24) is 15.2 Å². The Kier molecular flexibility index (Phi) is 6.31. The van der Waals surface area contributed by atoms with Crippen molar-refractivity contribution in [2.24, 2.45) is 11.3 Å². The van der Waals surface area contributed by atoms with E-state index in [2.05, 4.69) is 10.3 Å². The molecule has 5 atom stereocenters. The molecule has 2 aliphatic heterocycles. The van der Waals surface area contributed by atoms with E-state index in [1.165, 1.54) is 0 Å². The molecule has 0 aromatic carbocycles. The van der Waals surface area contributed by atoms with Gasteiger partial charge in [0.2, 0.25) is 5.91 Å². The molecule has 5 rings (SSSR count). The fourth-order valence-electron chi connectivity index (χ4n) is 6.74. The van der Waals surface area contributed by atoms with Crippen LogP contribution >= 0.6 is 0 Å². The highest BCUT2D eigenvalue weighted by Crippen LogP contribution is 2.56. The highest BCUT2D eigenvalue weighted by atomic mass is 19.4. The predicted molar refractivity (Wildman–Crippen MR) is 115 cm³/mol. The molecule has 4 aliphatic rings. The number of halogens is 6. The van der Waals surface area contributed by atoms with Gasteiger partial charge in [0.15, 0.2) is 5.60 Å². The zero-order valence-electron chi connectivity index (χ0n) is 19.6. The zero-order valence-corrected chi connectivity index (χ0v) is 19.6. The number of pyridine rings is 1. The molecule has 0 spiro atoms. The van der Waals surface area contributed by atoms with Crippen molar-refractivity contribution < 1.29 is 41.0 Å². The van der Waals surface area contributed by atoms with Gasteiger partial charge in [0.05, 0.1) is 17.6 Å². The summed E-state index contributed by atoms with van der Waals surface area (Å²) in [5.74, 6) is -0.169. The summed E-state index contributed by atoms with van der Waals surface area (Å²) in [6.45, 7) is -0.372. The molecule has 3 heterocycles. The number of alkyl halides is 6. The van der Waals surface area contributed by atoms with Crippen molar-refractivity contribution >= 4 is 5.91 Å². The lowest BCUT2D eigenvalue weighted by molar-refractivity contribution is -0.297. The number of nitrogens with zero attached hydrogens (tertiary/aromatic N) is 2. The molecule has 12 heteroatoms. The Labute approximate surface area is 204 Å².